The number of rotatable bonds is 1. The van der Waals surface area contributed by atoms with Gasteiger partial charge >= 0.3 is 15.1 Å². The summed E-state index contributed by atoms with van der Waals surface area (Å²) in [5.41, 5.74) is 16.2. The zero-order valence-electron chi connectivity index (χ0n) is 6.86. The monoisotopic (exact) mass is 239 g/mol. The lowest BCUT2D eigenvalue weighted by Gasteiger charge is -2.20. The fourth-order valence-electron chi connectivity index (χ4n) is 0.731. The van der Waals surface area contributed by atoms with Gasteiger partial charge in [0.1, 0.15) is 12.0 Å². The van der Waals surface area contributed by atoms with Crippen LogP contribution in [0.1, 0.15) is 0 Å². The van der Waals surface area contributed by atoms with Gasteiger partial charge in [0.25, 0.3) is 0 Å². The fraction of sp³-hybridized carbons (Fsp3) is 0.500. The van der Waals surface area contributed by atoms with E-state index in [2.05, 4.69) is 25.4 Å². The summed E-state index contributed by atoms with van der Waals surface area (Å²) in [5.74, 6) is -0.0267. The van der Waals surface area contributed by atoms with Gasteiger partial charge in [-0.1, -0.05) is 0 Å². The van der Waals surface area contributed by atoms with Crippen LogP contribution in [-0.4, -0.2) is 32.8 Å². The van der Waals surface area contributed by atoms with Crippen LogP contribution in [0.2, 0.25) is 0 Å². The van der Waals surface area contributed by atoms with Gasteiger partial charge < -0.3 is 21.4 Å². The van der Waals surface area contributed by atoms with Crippen LogP contribution in [0, 0.1) is 0 Å². The Bertz CT molecular complexity index is 388. The van der Waals surface area contributed by atoms with Gasteiger partial charge in [0, 0.05) is 0 Å². The summed E-state index contributed by atoms with van der Waals surface area (Å²) >= 11 is 4.07. The quantitative estimate of drug-likeness (QED) is 0.394. The first-order valence-electron chi connectivity index (χ1n) is 3.39. The Balaban J connectivity index is 2.88. The second-order valence-electron chi connectivity index (χ2n) is 2.48. The molecule has 0 aromatic carbocycles. The highest BCUT2D eigenvalue weighted by Crippen LogP contribution is 2.03. The van der Waals surface area contributed by atoms with Gasteiger partial charge in [-0.2, -0.15) is 9.20 Å². The molecule has 0 saturated heterocycles. The van der Waals surface area contributed by atoms with Crippen molar-refractivity contribution in [1.29, 1.82) is 0 Å². The summed E-state index contributed by atoms with van der Waals surface area (Å²) in [6.07, 6.45) is -0.862. The molecule has 1 aliphatic heterocycles. The molecule has 0 aromatic heterocycles. The summed E-state index contributed by atoms with van der Waals surface area (Å²) < 4.78 is 23.6. The largest absolute Gasteiger partial charge is 0.386 e. The Hall–Kier alpha value is -0.810. The summed E-state index contributed by atoms with van der Waals surface area (Å²) in [6, 6.07) is -1.17. The SMILES string of the molecule is NC1=NC(OS(=O)(O)=S)=NC(N)C1N. The minimum absolute atomic E-state index is 0.0267. The third kappa shape index (κ3) is 2.85. The average Bonchev–Trinajstić information content (AvgIpc) is 1.96. The summed E-state index contributed by atoms with van der Waals surface area (Å²) in [5, 5.41) is 0. The van der Waals surface area contributed by atoms with E-state index in [4.69, 9.17) is 21.8 Å². The molecule has 1 aliphatic rings. The summed E-state index contributed by atoms with van der Waals surface area (Å²) in [6.45, 7) is 0. The van der Waals surface area contributed by atoms with Gasteiger partial charge in [0.15, 0.2) is 0 Å². The molecule has 8 nitrogen and oxygen atoms in total. The molecule has 14 heavy (non-hydrogen) atoms. The van der Waals surface area contributed by atoms with Crippen LogP contribution >= 0.6 is 0 Å². The molecule has 1 rings (SSSR count). The van der Waals surface area contributed by atoms with E-state index in [0.29, 0.717) is 0 Å². The average molecular weight is 239 g/mol. The van der Waals surface area contributed by atoms with Gasteiger partial charge in [-0.25, -0.2) is 4.99 Å². The highest BCUT2D eigenvalue weighted by molar-refractivity contribution is 8.27. The number of amidine groups is 2. The van der Waals surface area contributed by atoms with Crippen molar-refractivity contribution in [2.75, 3.05) is 0 Å². The Labute approximate surface area is 84.9 Å². The van der Waals surface area contributed by atoms with Crippen molar-refractivity contribution in [3.63, 3.8) is 0 Å². The minimum atomic E-state index is -3.84. The Morgan fingerprint density at radius 1 is 1.57 bits per heavy atom. The van der Waals surface area contributed by atoms with Crippen LogP contribution in [0.15, 0.2) is 9.98 Å². The van der Waals surface area contributed by atoms with E-state index < -0.39 is 27.3 Å². The summed E-state index contributed by atoms with van der Waals surface area (Å²) in [4.78, 5) is 7.08. The topological polar surface area (TPSA) is 149 Å². The van der Waals surface area contributed by atoms with E-state index in [1.807, 2.05) is 0 Å². The summed E-state index contributed by atoms with van der Waals surface area (Å²) in [7, 11) is -3.84. The Kier molecular flexibility index (Phi) is 3.01. The predicted molar refractivity (Wildman–Crippen MR) is 54.2 cm³/mol. The van der Waals surface area contributed by atoms with Gasteiger partial charge in [0.05, 0.1) is 17.2 Å². The molecular weight excluding hydrogens is 230 g/mol. The first-order valence-corrected chi connectivity index (χ1v) is 5.76. The fourth-order valence-corrected chi connectivity index (χ4v) is 1.18. The van der Waals surface area contributed by atoms with Crippen LogP contribution in [0.3, 0.4) is 0 Å². The Morgan fingerprint density at radius 3 is 2.57 bits per heavy atom. The third-order valence-electron chi connectivity index (χ3n) is 1.37. The van der Waals surface area contributed by atoms with Gasteiger partial charge in [-0.15, -0.1) is 0 Å². The van der Waals surface area contributed by atoms with Gasteiger partial charge in [-0.05, 0) is 0 Å². The van der Waals surface area contributed by atoms with E-state index in [0.717, 1.165) is 0 Å². The highest BCUT2D eigenvalue weighted by Gasteiger charge is 2.24. The Morgan fingerprint density at radius 2 is 2.14 bits per heavy atom. The van der Waals surface area contributed by atoms with Crippen molar-refractivity contribution in [3.05, 3.63) is 0 Å². The molecule has 10 heteroatoms. The molecular formula is C4H9N5O3S2. The second-order valence-corrected chi connectivity index (χ2v) is 4.76. The molecule has 7 N–H and O–H groups in total. The molecule has 3 unspecified atom stereocenters. The van der Waals surface area contributed by atoms with Crippen molar-refractivity contribution >= 4 is 32.1 Å². The van der Waals surface area contributed by atoms with E-state index >= 15 is 0 Å². The number of aliphatic imine (C=N–C) groups is 2. The second kappa shape index (κ2) is 3.74. The molecule has 0 bridgehead atoms. The molecule has 1 heterocycles. The van der Waals surface area contributed by atoms with Crippen molar-refractivity contribution in [2.45, 2.75) is 12.2 Å². The van der Waals surface area contributed by atoms with Crippen LogP contribution in [0.5, 0.6) is 0 Å². The smallest absolute Gasteiger partial charge is 0.331 e. The lowest BCUT2D eigenvalue weighted by Crippen LogP contribution is -2.52. The van der Waals surface area contributed by atoms with Gasteiger partial charge in [0.2, 0.25) is 0 Å². The van der Waals surface area contributed by atoms with Crippen molar-refractivity contribution in [3.8, 4) is 0 Å². The first kappa shape index (κ1) is 11.3. The van der Waals surface area contributed by atoms with Crippen LogP contribution < -0.4 is 17.2 Å². The van der Waals surface area contributed by atoms with E-state index in [1.54, 1.807) is 0 Å². The molecule has 0 spiro atoms. The maximum atomic E-state index is 10.6. The zero-order chi connectivity index (χ0) is 10.9. The lowest BCUT2D eigenvalue weighted by molar-refractivity contribution is 0.440. The lowest BCUT2D eigenvalue weighted by atomic mass is 10.2. The number of hydrogen-bond acceptors (Lipinski definition) is 8. The normalized spacial score (nSPS) is 31.4. The number of nitrogens with two attached hydrogens (primary N) is 3. The molecule has 3 atom stereocenters. The van der Waals surface area contributed by atoms with Crippen LogP contribution in [-0.2, 0) is 24.4 Å². The maximum absolute atomic E-state index is 10.6. The van der Waals surface area contributed by atoms with Crippen molar-refractivity contribution in [1.82, 2.24) is 0 Å². The zero-order valence-corrected chi connectivity index (χ0v) is 8.49. The molecule has 0 amide bonds. The van der Waals surface area contributed by atoms with E-state index in [-0.39, 0.29) is 5.84 Å². The van der Waals surface area contributed by atoms with E-state index in [1.165, 1.54) is 0 Å². The predicted octanol–water partition coefficient (Wildman–Crippen LogP) is -2.52. The minimum Gasteiger partial charge on any atom is -0.386 e. The molecule has 0 aromatic rings. The molecule has 0 radical (unpaired) electrons. The maximum Gasteiger partial charge on any atom is 0.331 e. The number of hydrogen-bond donors (Lipinski definition) is 4. The molecule has 0 aliphatic carbocycles. The van der Waals surface area contributed by atoms with Crippen molar-refractivity contribution < 1.29 is 12.9 Å². The molecule has 80 valence electrons. The number of nitrogens with zero attached hydrogens (tertiary/aromatic N) is 2. The molecule has 0 fully saturated rings. The van der Waals surface area contributed by atoms with Crippen LogP contribution in [0.4, 0.5) is 0 Å². The molecule has 0 saturated carbocycles. The van der Waals surface area contributed by atoms with E-state index in [9.17, 15) is 4.21 Å². The first-order chi connectivity index (χ1) is 6.29. The van der Waals surface area contributed by atoms with Gasteiger partial charge in [-0.3, -0.25) is 4.55 Å². The van der Waals surface area contributed by atoms with Crippen molar-refractivity contribution in [2.24, 2.45) is 27.2 Å². The highest BCUT2D eigenvalue weighted by atomic mass is 32.9. The standard InChI is InChI=1S/C4H9N5O3S2/c5-1-2(6)8-4(9-3(1)7)12-14(10,11)13/h1-2H,5-6H2,(H2,7,8,9)(H,10,11,13). The third-order valence-corrected chi connectivity index (χ3v) is 1.94. The van der Waals surface area contributed by atoms with Crippen LogP contribution in [0.25, 0.3) is 0 Å².